The lowest BCUT2D eigenvalue weighted by molar-refractivity contribution is 0.397. The van der Waals surface area contributed by atoms with Crippen LogP contribution in [-0.2, 0) is 0 Å². The molecule has 5 aromatic carbocycles. The number of ether oxygens (including phenoxy) is 2. The molecule has 5 aromatic rings. The highest BCUT2D eigenvalue weighted by molar-refractivity contribution is 8.02. The molecule has 160 valence electrons. The number of hydrogen-bond donors (Lipinski definition) is 0. The molecule has 1 aliphatic heterocycles. The van der Waals surface area contributed by atoms with Crippen molar-refractivity contribution in [3.63, 3.8) is 0 Å². The summed E-state index contributed by atoms with van der Waals surface area (Å²) in [7, 11) is 1.22. The molecule has 0 amide bonds. The van der Waals surface area contributed by atoms with Crippen LogP contribution in [0.15, 0.2) is 109 Å². The maximum atomic E-state index is 6.11. The third kappa shape index (κ3) is 2.78. The normalized spacial score (nSPS) is 13.4. The topological polar surface area (TPSA) is 18.5 Å². The van der Waals surface area contributed by atoms with E-state index in [1.165, 1.54) is 43.1 Å². The van der Waals surface area contributed by atoms with E-state index >= 15 is 0 Å². The Bertz CT molecular complexity index is 1430. The second-order valence-electron chi connectivity index (χ2n) is 8.25. The second-order valence-corrected chi connectivity index (χ2v) is 11.6. The molecule has 0 aromatic heterocycles. The third-order valence-electron chi connectivity index (χ3n) is 6.66. The first-order valence-electron chi connectivity index (χ1n) is 11.1. The number of hydrogen-bond acceptors (Lipinski definition) is 2. The van der Waals surface area contributed by atoms with E-state index in [2.05, 4.69) is 103 Å². The van der Waals surface area contributed by atoms with Crippen LogP contribution in [0.4, 0.5) is 0 Å². The summed E-state index contributed by atoms with van der Waals surface area (Å²) in [5.74, 6) is 1.68. The highest BCUT2D eigenvalue weighted by Crippen LogP contribution is 2.62. The molecule has 0 spiro atoms. The Labute approximate surface area is 194 Å². The van der Waals surface area contributed by atoms with Crippen LogP contribution in [0.3, 0.4) is 0 Å². The second kappa shape index (κ2) is 7.76. The molecule has 2 nitrogen and oxygen atoms in total. The Balaban J connectivity index is 1.92. The molecule has 1 heterocycles. The Hall–Kier alpha value is -3.61. The van der Waals surface area contributed by atoms with Crippen LogP contribution in [0.5, 0.6) is 11.5 Å². The Morgan fingerprint density at radius 3 is 1.82 bits per heavy atom. The zero-order valence-electron chi connectivity index (χ0n) is 18.7. The highest BCUT2D eigenvalue weighted by atomic mass is 31.2. The lowest BCUT2D eigenvalue weighted by Gasteiger charge is -2.34. The van der Waals surface area contributed by atoms with Crippen molar-refractivity contribution in [2.75, 3.05) is 14.2 Å². The molecular weight excluding hydrogens is 423 g/mol. The fourth-order valence-electron chi connectivity index (χ4n) is 5.34. The van der Waals surface area contributed by atoms with Crippen molar-refractivity contribution in [1.29, 1.82) is 0 Å². The Morgan fingerprint density at radius 1 is 0.576 bits per heavy atom. The van der Waals surface area contributed by atoms with Gasteiger partial charge in [0, 0.05) is 17.0 Å². The third-order valence-corrected chi connectivity index (χ3v) is 11.0. The van der Waals surface area contributed by atoms with E-state index in [0.29, 0.717) is 0 Å². The van der Waals surface area contributed by atoms with Gasteiger partial charge in [-0.15, -0.1) is 0 Å². The van der Waals surface area contributed by atoms with Gasteiger partial charge >= 0.3 is 0 Å². The van der Waals surface area contributed by atoms with Crippen LogP contribution in [-0.4, -0.2) is 14.2 Å². The first kappa shape index (κ1) is 20.0. The smallest absolute Gasteiger partial charge is 0.166 e. The highest BCUT2D eigenvalue weighted by Gasteiger charge is 2.55. The summed E-state index contributed by atoms with van der Waals surface area (Å²) in [5.41, 5.74) is 2.43. The summed E-state index contributed by atoms with van der Waals surface area (Å²) in [6.45, 7) is 0. The molecule has 0 atom stereocenters. The fourth-order valence-corrected chi connectivity index (χ4v) is 10.1. The van der Waals surface area contributed by atoms with Crippen LogP contribution in [0.25, 0.3) is 21.9 Å². The quantitative estimate of drug-likeness (QED) is 0.334. The summed E-state index contributed by atoms with van der Waals surface area (Å²) >= 11 is 0. The van der Waals surface area contributed by atoms with E-state index in [1.807, 2.05) is 6.07 Å². The van der Waals surface area contributed by atoms with Crippen molar-refractivity contribution in [2.24, 2.45) is 0 Å². The molecule has 6 rings (SSSR count). The molecule has 0 unspecified atom stereocenters. The van der Waals surface area contributed by atoms with E-state index in [1.54, 1.807) is 14.2 Å². The van der Waals surface area contributed by atoms with Gasteiger partial charge in [-0.2, -0.15) is 0 Å². The van der Waals surface area contributed by atoms with E-state index in [-0.39, 0.29) is 0 Å². The van der Waals surface area contributed by atoms with Crippen LogP contribution in [0.2, 0.25) is 0 Å². The minimum Gasteiger partial charge on any atom is -0.497 e. The predicted molar refractivity (Wildman–Crippen MR) is 141 cm³/mol. The zero-order valence-corrected chi connectivity index (χ0v) is 19.6. The Kier molecular flexibility index (Phi) is 4.71. The number of rotatable bonds is 4. The fraction of sp³-hybridized carbons (Fsp3) is 0.0667. The maximum absolute atomic E-state index is 6.11. The lowest BCUT2D eigenvalue weighted by atomic mass is 9.97. The minimum atomic E-state index is -2.26. The molecular formula is C30H24O2P+. The first-order chi connectivity index (χ1) is 16.3. The predicted octanol–water partition coefficient (Wildman–Crippen LogP) is 5.46. The largest absolute Gasteiger partial charge is 0.497 e. The van der Waals surface area contributed by atoms with Crippen LogP contribution >= 0.6 is 7.26 Å². The summed E-state index contributed by atoms with van der Waals surface area (Å²) in [6, 6.07) is 39.5. The summed E-state index contributed by atoms with van der Waals surface area (Å²) in [6.07, 6.45) is 0. The number of fused-ring (bicyclic) bond motifs is 2. The van der Waals surface area contributed by atoms with Crippen molar-refractivity contribution in [1.82, 2.24) is 0 Å². The van der Waals surface area contributed by atoms with Gasteiger partial charge in [0.25, 0.3) is 0 Å². The minimum absolute atomic E-state index is 0.807. The summed E-state index contributed by atoms with van der Waals surface area (Å²) in [4.78, 5) is 0. The molecule has 33 heavy (non-hydrogen) atoms. The maximum Gasteiger partial charge on any atom is 0.166 e. The van der Waals surface area contributed by atoms with E-state index in [0.717, 1.165) is 11.5 Å². The molecule has 0 saturated heterocycles. The van der Waals surface area contributed by atoms with Gasteiger partial charge in [-0.1, -0.05) is 66.7 Å². The van der Waals surface area contributed by atoms with Gasteiger partial charge in [-0.05, 0) is 47.3 Å². The van der Waals surface area contributed by atoms with E-state index in [9.17, 15) is 0 Å². The van der Waals surface area contributed by atoms with Crippen LogP contribution in [0, 0.1) is 0 Å². The molecule has 0 bridgehead atoms. The van der Waals surface area contributed by atoms with Gasteiger partial charge < -0.3 is 9.47 Å². The van der Waals surface area contributed by atoms with Gasteiger partial charge in [0.1, 0.15) is 28.9 Å². The molecule has 0 fully saturated rings. The van der Waals surface area contributed by atoms with Gasteiger partial charge in [-0.25, -0.2) is 0 Å². The standard InChI is InChI=1S/C30H24O2P/c1-31-22-19-26-25-17-9-11-21-12-10-18-28(29(21)25)33(23-13-5-3-6-14-23,24-15-7-4-8-16-24)30(26)27(20-22)32-2/h3-20H,1-2H3/q+1. The molecule has 3 heteroatoms. The van der Waals surface area contributed by atoms with E-state index < -0.39 is 7.26 Å². The molecule has 0 radical (unpaired) electrons. The SMILES string of the molecule is COc1cc(OC)c2c(c1)-c1cccc3cccc(c13)[P+]2(c1ccccc1)c1ccccc1. The molecule has 0 N–H and O–H groups in total. The van der Waals surface area contributed by atoms with Crippen molar-refractivity contribution < 1.29 is 9.47 Å². The first-order valence-corrected chi connectivity index (χ1v) is 12.9. The number of methoxy groups -OCH3 is 2. The molecule has 1 aliphatic rings. The molecule has 0 aliphatic carbocycles. The lowest BCUT2D eigenvalue weighted by Crippen LogP contribution is -2.42. The van der Waals surface area contributed by atoms with Gasteiger partial charge in [0.15, 0.2) is 11.1 Å². The van der Waals surface area contributed by atoms with Crippen molar-refractivity contribution in [3.8, 4) is 22.6 Å². The van der Waals surface area contributed by atoms with Gasteiger partial charge in [-0.3, -0.25) is 0 Å². The monoisotopic (exact) mass is 447 g/mol. The van der Waals surface area contributed by atoms with Gasteiger partial charge in [0.2, 0.25) is 0 Å². The average molecular weight is 447 g/mol. The van der Waals surface area contributed by atoms with Crippen LogP contribution in [0.1, 0.15) is 0 Å². The number of benzene rings is 5. The van der Waals surface area contributed by atoms with Crippen LogP contribution < -0.4 is 30.7 Å². The van der Waals surface area contributed by atoms with Crippen molar-refractivity contribution in [3.05, 3.63) is 109 Å². The van der Waals surface area contributed by atoms with E-state index in [4.69, 9.17) is 9.47 Å². The summed E-state index contributed by atoms with van der Waals surface area (Å²) in [5, 5.41) is 7.86. The zero-order chi connectivity index (χ0) is 22.4. The van der Waals surface area contributed by atoms with Crippen molar-refractivity contribution in [2.45, 2.75) is 0 Å². The van der Waals surface area contributed by atoms with Gasteiger partial charge in [0.05, 0.1) is 14.2 Å². The summed E-state index contributed by atoms with van der Waals surface area (Å²) < 4.78 is 11.8. The molecule has 0 saturated carbocycles. The Morgan fingerprint density at radius 2 is 1.21 bits per heavy atom. The van der Waals surface area contributed by atoms with Crippen molar-refractivity contribution >= 4 is 39.3 Å². The average Bonchev–Trinajstić information content (AvgIpc) is 2.90.